The van der Waals surface area contributed by atoms with Crippen LogP contribution in [0, 0.1) is 13.8 Å². The summed E-state index contributed by atoms with van der Waals surface area (Å²) < 4.78 is 2.03. The fourth-order valence-electron chi connectivity index (χ4n) is 3.12. The Kier molecular flexibility index (Phi) is 7.12. The summed E-state index contributed by atoms with van der Waals surface area (Å²) in [6, 6.07) is 14.5. The third-order valence-corrected chi connectivity index (χ3v) is 5.48. The number of nitrogens with one attached hydrogen (secondary N) is 1. The van der Waals surface area contributed by atoms with Crippen molar-refractivity contribution < 1.29 is 4.79 Å². The van der Waals surface area contributed by atoms with Crippen molar-refractivity contribution in [2.24, 2.45) is 0 Å². The van der Waals surface area contributed by atoms with Crippen LogP contribution in [0.25, 0.3) is 5.69 Å². The highest BCUT2D eigenvalue weighted by Gasteiger charge is 2.10. The molecule has 0 spiro atoms. The highest BCUT2D eigenvalue weighted by atomic mass is 32.2. The lowest BCUT2D eigenvalue weighted by atomic mass is 10.1. The fraction of sp³-hybridized carbons (Fsp3) is 0.304. The summed E-state index contributed by atoms with van der Waals surface area (Å²) in [6.07, 6.45) is 4.70. The van der Waals surface area contributed by atoms with Crippen LogP contribution in [-0.4, -0.2) is 46.8 Å². The molecule has 3 rings (SSSR count). The molecule has 0 fully saturated rings. The van der Waals surface area contributed by atoms with Gasteiger partial charge in [-0.1, -0.05) is 30.0 Å². The maximum absolute atomic E-state index is 12.4. The van der Waals surface area contributed by atoms with Gasteiger partial charge in [0.25, 0.3) is 0 Å². The van der Waals surface area contributed by atoms with E-state index < -0.39 is 0 Å². The second kappa shape index (κ2) is 9.76. The molecule has 29 heavy (non-hydrogen) atoms. The van der Waals surface area contributed by atoms with E-state index in [0.29, 0.717) is 5.75 Å². The monoisotopic (exact) mass is 408 g/mol. The topological polar surface area (TPSA) is 50.2 Å². The Morgan fingerprint density at radius 1 is 1.10 bits per heavy atom. The lowest BCUT2D eigenvalue weighted by molar-refractivity contribution is -0.113. The molecule has 0 radical (unpaired) electrons. The minimum Gasteiger partial charge on any atom is -0.325 e. The summed E-state index contributed by atoms with van der Waals surface area (Å²) >= 11 is 1.44. The average molecular weight is 409 g/mol. The Bertz CT molecular complexity index is 943. The number of carbonyl (C=O) groups excluding carboxylic acids is 1. The van der Waals surface area contributed by atoms with Gasteiger partial charge in [-0.05, 0) is 75.3 Å². The number of nitrogens with zero attached hydrogens (tertiary/aromatic N) is 3. The van der Waals surface area contributed by atoms with Crippen LogP contribution in [0.1, 0.15) is 16.7 Å². The number of aromatic nitrogens is 2. The molecule has 1 heterocycles. The van der Waals surface area contributed by atoms with Crippen molar-refractivity contribution in [2.45, 2.75) is 25.4 Å². The van der Waals surface area contributed by atoms with Gasteiger partial charge in [0.2, 0.25) is 5.91 Å². The molecule has 152 valence electrons. The summed E-state index contributed by atoms with van der Waals surface area (Å²) in [5, 5.41) is 3.78. The zero-order chi connectivity index (χ0) is 20.8. The zero-order valence-electron chi connectivity index (χ0n) is 17.5. The first-order valence-electron chi connectivity index (χ1n) is 9.69. The van der Waals surface area contributed by atoms with E-state index in [-0.39, 0.29) is 5.91 Å². The number of anilines is 1. The SMILES string of the molecule is Cc1cc(C)cc(-n2ccnc2SCC(=O)Nc2ccc(CCN(C)C)cc2)c1. The molecule has 5 nitrogen and oxygen atoms in total. The minimum atomic E-state index is -0.0361. The van der Waals surface area contributed by atoms with E-state index in [1.807, 2.05) is 22.9 Å². The Balaban J connectivity index is 1.57. The van der Waals surface area contributed by atoms with Crippen molar-refractivity contribution in [3.8, 4) is 5.69 Å². The molecule has 1 amide bonds. The standard InChI is InChI=1S/C23H28N4OS/c1-17-13-18(2)15-21(14-17)27-12-10-24-23(27)29-16-22(28)25-20-7-5-19(6-8-20)9-11-26(3)4/h5-8,10,12-15H,9,11,16H2,1-4H3,(H,25,28). The van der Waals surface area contributed by atoms with Crippen LogP contribution in [0.2, 0.25) is 0 Å². The van der Waals surface area contributed by atoms with E-state index in [9.17, 15) is 4.79 Å². The maximum Gasteiger partial charge on any atom is 0.234 e. The number of hydrogen-bond donors (Lipinski definition) is 1. The van der Waals surface area contributed by atoms with Gasteiger partial charge in [-0.3, -0.25) is 9.36 Å². The highest BCUT2D eigenvalue weighted by molar-refractivity contribution is 7.99. The van der Waals surface area contributed by atoms with E-state index in [1.165, 1.54) is 28.5 Å². The summed E-state index contributed by atoms with van der Waals surface area (Å²) in [5.74, 6) is 0.274. The van der Waals surface area contributed by atoms with E-state index in [0.717, 1.165) is 29.5 Å². The molecule has 0 aliphatic rings. The van der Waals surface area contributed by atoms with Crippen LogP contribution in [0.3, 0.4) is 0 Å². The number of thioether (sulfide) groups is 1. The van der Waals surface area contributed by atoms with Gasteiger partial charge in [-0.15, -0.1) is 0 Å². The van der Waals surface area contributed by atoms with Gasteiger partial charge in [-0.2, -0.15) is 0 Å². The number of carbonyl (C=O) groups is 1. The maximum atomic E-state index is 12.4. The van der Waals surface area contributed by atoms with Gasteiger partial charge >= 0.3 is 0 Å². The van der Waals surface area contributed by atoms with Crippen molar-refractivity contribution in [1.29, 1.82) is 0 Å². The summed E-state index contributed by atoms with van der Waals surface area (Å²) in [6.45, 7) is 5.18. The normalized spacial score (nSPS) is 11.1. The van der Waals surface area contributed by atoms with Crippen LogP contribution >= 0.6 is 11.8 Å². The van der Waals surface area contributed by atoms with Gasteiger partial charge in [0.1, 0.15) is 0 Å². The van der Waals surface area contributed by atoms with Crippen molar-refractivity contribution in [1.82, 2.24) is 14.5 Å². The van der Waals surface area contributed by atoms with Crippen molar-refractivity contribution in [2.75, 3.05) is 31.7 Å². The summed E-state index contributed by atoms with van der Waals surface area (Å²) in [5.41, 5.74) is 5.56. The van der Waals surface area contributed by atoms with Crippen LogP contribution < -0.4 is 5.32 Å². The quantitative estimate of drug-likeness (QED) is 0.564. The molecule has 0 aliphatic carbocycles. The molecule has 0 unspecified atom stereocenters. The largest absolute Gasteiger partial charge is 0.325 e. The van der Waals surface area contributed by atoms with E-state index in [1.54, 1.807) is 6.20 Å². The van der Waals surface area contributed by atoms with Crippen molar-refractivity contribution in [3.63, 3.8) is 0 Å². The molecule has 1 N–H and O–H groups in total. The smallest absolute Gasteiger partial charge is 0.234 e. The van der Waals surface area contributed by atoms with E-state index in [4.69, 9.17) is 0 Å². The van der Waals surface area contributed by atoms with Crippen molar-refractivity contribution in [3.05, 3.63) is 71.5 Å². The number of aryl methyl sites for hydroxylation is 2. The second-order valence-electron chi connectivity index (χ2n) is 7.51. The van der Waals surface area contributed by atoms with Crippen LogP contribution in [0.15, 0.2) is 60.0 Å². The number of benzene rings is 2. The first kappa shape index (κ1) is 21.1. The van der Waals surface area contributed by atoms with Crippen LogP contribution in [0.5, 0.6) is 0 Å². The summed E-state index contributed by atoms with van der Waals surface area (Å²) in [4.78, 5) is 19.0. The van der Waals surface area contributed by atoms with Gasteiger partial charge < -0.3 is 10.2 Å². The minimum absolute atomic E-state index is 0.0361. The number of rotatable bonds is 8. The molecule has 2 aromatic carbocycles. The highest BCUT2D eigenvalue weighted by Crippen LogP contribution is 2.22. The van der Waals surface area contributed by atoms with Gasteiger partial charge in [-0.25, -0.2) is 4.98 Å². The van der Waals surface area contributed by atoms with Crippen LogP contribution in [0.4, 0.5) is 5.69 Å². The molecular weight excluding hydrogens is 380 g/mol. The van der Waals surface area contributed by atoms with Crippen molar-refractivity contribution >= 4 is 23.4 Å². The Morgan fingerprint density at radius 3 is 2.45 bits per heavy atom. The summed E-state index contributed by atoms with van der Waals surface area (Å²) in [7, 11) is 4.13. The molecule has 6 heteroatoms. The molecule has 3 aromatic rings. The second-order valence-corrected chi connectivity index (χ2v) is 8.46. The van der Waals surface area contributed by atoms with E-state index in [2.05, 4.69) is 73.5 Å². The lowest BCUT2D eigenvalue weighted by Crippen LogP contribution is -2.15. The number of hydrogen-bond acceptors (Lipinski definition) is 4. The first-order valence-corrected chi connectivity index (χ1v) is 10.7. The first-order chi connectivity index (χ1) is 13.9. The lowest BCUT2D eigenvalue weighted by Gasteiger charge is -2.11. The number of imidazole rings is 1. The molecule has 0 aliphatic heterocycles. The Hall–Kier alpha value is -2.57. The zero-order valence-corrected chi connectivity index (χ0v) is 18.3. The third-order valence-electron chi connectivity index (χ3n) is 4.51. The van der Waals surface area contributed by atoms with Gasteiger partial charge in [0.15, 0.2) is 5.16 Å². The molecule has 1 aromatic heterocycles. The van der Waals surface area contributed by atoms with Crippen LogP contribution in [-0.2, 0) is 11.2 Å². The van der Waals surface area contributed by atoms with Gasteiger partial charge in [0.05, 0.1) is 5.75 Å². The predicted molar refractivity (Wildman–Crippen MR) is 121 cm³/mol. The molecular formula is C23H28N4OS. The predicted octanol–water partition coefficient (Wildman–Crippen LogP) is 4.32. The molecule has 0 bridgehead atoms. The molecule has 0 saturated carbocycles. The number of amides is 1. The van der Waals surface area contributed by atoms with E-state index >= 15 is 0 Å². The average Bonchev–Trinajstić information content (AvgIpc) is 3.14. The van der Waals surface area contributed by atoms with Gasteiger partial charge in [0, 0.05) is 30.3 Å². The fourth-order valence-corrected chi connectivity index (χ4v) is 3.89. The molecule has 0 atom stereocenters. The molecule has 0 saturated heterocycles. The Morgan fingerprint density at radius 2 is 1.79 bits per heavy atom. The third kappa shape index (κ3) is 6.21. The number of likely N-dealkylation sites (N-methyl/N-ethyl adjacent to an activating group) is 1. The Labute approximate surface area is 177 Å².